The summed E-state index contributed by atoms with van der Waals surface area (Å²) in [6.07, 6.45) is 6.18. The number of hydrogen-bond donors (Lipinski definition) is 1. The van der Waals surface area contributed by atoms with Gasteiger partial charge in [-0.1, -0.05) is 42.1 Å². The number of thioether (sulfide) groups is 1. The Hall–Kier alpha value is -2.08. The number of rotatable bonds is 7. The number of amides is 1. The van der Waals surface area contributed by atoms with Gasteiger partial charge in [0.15, 0.2) is 0 Å². The third kappa shape index (κ3) is 5.74. The van der Waals surface area contributed by atoms with E-state index in [4.69, 9.17) is 0 Å². The van der Waals surface area contributed by atoms with Crippen LogP contribution in [-0.2, 0) is 11.2 Å². The zero-order valence-corrected chi connectivity index (χ0v) is 15.2. The second kappa shape index (κ2) is 9.42. The van der Waals surface area contributed by atoms with Crippen LogP contribution in [-0.4, -0.2) is 41.3 Å². The zero-order chi connectivity index (χ0) is 17.3. The summed E-state index contributed by atoms with van der Waals surface area (Å²) in [5.74, 6) is 1.39. The Kier molecular flexibility index (Phi) is 6.68. The lowest BCUT2D eigenvalue weighted by Gasteiger charge is -2.27. The lowest BCUT2D eigenvalue weighted by Crippen LogP contribution is -2.30. The van der Waals surface area contributed by atoms with Crippen LogP contribution in [0.15, 0.2) is 47.8 Å². The fourth-order valence-electron chi connectivity index (χ4n) is 2.89. The van der Waals surface area contributed by atoms with Gasteiger partial charge in [-0.15, -0.1) is 0 Å². The first kappa shape index (κ1) is 17.7. The molecule has 1 aliphatic rings. The molecule has 1 aromatic carbocycles. The highest BCUT2D eigenvalue weighted by Gasteiger charge is 2.13. The molecule has 0 unspecified atom stereocenters. The van der Waals surface area contributed by atoms with Crippen LogP contribution in [0.25, 0.3) is 0 Å². The molecule has 2 heterocycles. The van der Waals surface area contributed by atoms with E-state index in [1.165, 1.54) is 36.6 Å². The molecule has 1 aromatic heterocycles. The first-order valence-electron chi connectivity index (χ1n) is 8.82. The number of piperidine rings is 1. The highest BCUT2D eigenvalue weighted by molar-refractivity contribution is 7.99. The van der Waals surface area contributed by atoms with Crippen LogP contribution in [0.5, 0.6) is 0 Å². The maximum absolute atomic E-state index is 12.0. The molecule has 25 heavy (non-hydrogen) atoms. The van der Waals surface area contributed by atoms with Gasteiger partial charge in [0.1, 0.15) is 17.2 Å². The molecule has 0 saturated carbocycles. The van der Waals surface area contributed by atoms with Gasteiger partial charge in [0, 0.05) is 25.7 Å². The largest absolute Gasteiger partial charge is 0.356 e. The van der Waals surface area contributed by atoms with Crippen LogP contribution in [0.4, 0.5) is 5.82 Å². The Morgan fingerprint density at radius 1 is 1.12 bits per heavy atom. The summed E-state index contributed by atoms with van der Waals surface area (Å²) in [5, 5.41) is 3.82. The average molecular weight is 356 g/mol. The fourth-order valence-corrected chi connectivity index (χ4v) is 3.58. The van der Waals surface area contributed by atoms with Crippen LogP contribution in [0.2, 0.25) is 0 Å². The zero-order valence-electron chi connectivity index (χ0n) is 14.4. The minimum atomic E-state index is 0.0408. The molecule has 0 radical (unpaired) electrons. The lowest BCUT2D eigenvalue weighted by atomic mass is 10.1. The normalized spacial score (nSPS) is 14.3. The number of carbonyl (C=O) groups is 1. The van der Waals surface area contributed by atoms with Crippen molar-refractivity contribution in [3.63, 3.8) is 0 Å². The summed E-state index contributed by atoms with van der Waals surface area (Å²) in [7, 11) is 0. The third-order valence-electron chi connectivity index (χ3n) is 4.24. The second-order valence-corrected chi connectivity index (χ2v) is 7.13. The predicted octanol–water partition coefficient (Wildman–Crippen LogP) is 2.92. The Balaban J connectivity index is 1.42. The Bertz CT molecular complexity index is 674. The average Bonchev–Trinajstić information content (AvgIpc) is 2.68. The van der Waals surface area contributed by atoms with Gasteiger partial charge in [-0.05, 0) is 31.2 Å². The van der Waals surface area contributed by atoms with Crippen LogP contribution in [0, 0.1) is 0 Å². The number of carbonyl (C=O) groups excluding carboxylic acids is 1. The van der Waals surface area contributed by atoms with Crippen LogP contribution >= 0.6 is 11.8 Å². The van der Waals surface area contributed by atoms with Gasteiger partial charge in [0.25, 0.3) is 0 Å². The summed E-state index contributed by atoms with van der Waals surface area (Å²) in [6.45, 7) is 2.77. The summed E-state index contributed by atoms with van der Waals surface area (Å²) >= 11 is 1.46. The topological polar surface area (TPSA) is 58.1 Å². The van der Waals surface area contributed by atoms with E-state index in [0.717, 1.165) is 30.4 Å². The molecule has 132 valence electrons. The van der Waals surface area contributed by atoms with Crippen molar-refractivity contribution in [1.82, 2.24) is 15.3 Å². The fraction of sp³-hybridized carbons (Fsp3) is 0.421. The molecule has 1 amide bonds. The summed E-state index contributed by atoms with van der Waals surface area (Å²) in [4.78, 5) is 23.0. The Morgan fingerprint density at radius 2 is 1.92 bits per heavy atom. The van der Waals surface area contributed by atoms with Crippen molar-refractivity contribution in [2.75, 3.05) is 30.3 Å². The molecule has 1 saturated heterocycles. The van der Waals surface area contributed by atoms with E-state index >= 15 is 0 Å². The van der Waals surface area contributed by atoms with Crippen molar-refractivity contribution in [3.05, 3.63) is 48.3 Å². The van der Waals surface area contributed by atoms with E-state index in [-0.39, 0.29) is 5.91 Å². The summed E-state index contributed by atoms with van der Waals surface area (Å²) in [6, 6.07) is 12.2. The van der Waals surface area contributed by atoms with Crippen molar-refractivity contribution in [3.8, 4) is 0 Å². The van der Waals surface area contributed by atoms with Gasteiger partial charge < -0.3 is 10.2 Å². The molecule has 0 atom stereocenters. The van der Waals surface area contributed by atoms with E-state index in [1.54, 1.807) is 6.33 Å². The number of aromatic nitrogens is 2. The molecule has 3 rings (SSSR count). The van der Waals surface area contributed by atoms with Crippen LogP contribution in [0.3, 0.4) is 0 Å². The maximum Gasteiger partial charge on any atom is 0.230 e. The maximum atomic E-state index is 12.0. The van der Waals surface area contributed by atoms with E-state index in [0.29, 0.717) is 12.3 Å². The van der Waals surface area contributed by atoms with Gasteiger partial charge in [0.05, 0.1) is 5.75 Å². The number of nitrogens with zero attached hydrogens (tertiary/aromatic N) is 3. The van der Waals surface area contributed by atoms with Crippen molar-refractivity contribution >= 4 is 23.5 Å². The molecular formula is C19H24N4OS. The van der Waals surface area contributed by atoms with Crippen molar-refractivity contribution in [2.24, 2.45) is 0 Å². The number of anilines is 1. The molecule has 0 spiro atoms. The minimum Gasteiger partial charge on any atom is -0.356 e. The number of benzene rings is 1. The van der Waals surface area contributed by atoms with Crippen molar-refractivity contribution in [2.45, 2.75) is 30.7 Å². The minimum absolute atomic E-state index is 0.0408. The molecule has 5 nitrogen and oxygen atoms in total. The highest BCUT2D eigenvalue weighted by atomic mass is 32.2. The molecule has 6 heteroatoms. The summed E-state index contributed by atoms with van der Waals surface area (Å²) in [5.41, 5.74) is 1.23. The Labute approximate surface area is 153 Å². The van der Waals surface area contributed by atoms with Gasteiger partial charge in [-0.3, -0.25) is 4.79 Å². The van der Waals surface area contributed by atoms with Gasteiger partial charge >= 0.3 is 0 Å². The molecule has 1 fully saturated rings. The lowest BCUT2D eigenvalue weighted by molar-refractivity contribution is -0.118. The molecular weight excluding hydrogens is 332 g/mol. The highest BCUT2D eigenvalue weighted by Crippen LogP contribution is 2.22. The standard InChI is InChI=1S/C19H24N4OS/c24-18(20-10-9-16-7-3-1-4-8-16)14-25-19-13-17(21-15-22-19)23-11-5-2-6-12-23/h1,3-4,7-8,13,15H,2,5-6,9-12,14H2,(H,20,24). The van der Waals surface area contributed by atoms with Gasteiger partial charge in [0.2, 0.25) is 5.91 Å². The van der Waals surface area contributed by atoms with E-state index in [9.17, 15) is 4.79 Å². The van der Waals surface area contributed by atoms with E-state index < -0.39 is 0 Å². The monoisotopic (exact) mass is 356 g/mol. The van der Waals surface area contributed by atoms with Gasteiger partial charge in [-0.25, -0.2) is 9.97 Å². The predicted molar refractivity (Wildman–Crippen MR) is 102 cm³/mol. The van der Waals surface area contributed by atoms with Crippen molar-refractivity contribution < 1.29 is 4.79 Å². The first-order chi connectivity index (χ1) is 12.3. The quantitative estimate of drug-likeness (QED) is 0.611. The van der Waals surface area contributed by atoms with E-state index in [2.05, 4.69) is 32.3 Å². The third-order valence-corrected chi connectivity index (χ3v) is 5.16. The molecule has 2 aromatic rings. The smallest absolute Gasteiger partial charge is 0.230 e. The van der Waals surface area contributed by atoms with Crippen molar-refractivity contribution in [1.29, 1.82) is 0 Å². The van der Waals surface area contributed by atoms with Crippen LogP contribution in [0.1, 0.15) is 24.8 Å². The summed E-state index contributed by atoms with van der Waals surface area (Å²) < 4.78 is 0. The molecule has 1 aliphatic heterocycles. The Morgan fingerprint density at radius 3 is 2.72 bits per heavy atom. The SMILES string of the molecule is O=C(CSc1cc(N2CCCCC2)ncn1)NCCc1ccccc1. The molecule has 1 N–H and O–H groups in total. The van der Waals surface area contributed by atoms with Gasteiger partial charge in [-0.2, -0.15) is 0 Å². The number of hydrogen-bond acceptors (Lipinski definition) is 5. The van der Waals surface area contributed by atoms with E-state index in [1.807, 2.05) is 24.3 Å². The van der Waals surface area contributed by atoms with Crippen LogP contribution < -0.4 is 10.2 Å². The first-order valence-corrected chi connectivity index (χ1v) is 9.80. The number of nitrogens with one attached hydrogen (secondary N) is 1. The molecule has 0 bridgehead atoms. The molecule has 0 aliphatic carbocycles. The second-order valence-electron chi connectivity index (χ2n) is 6.14.